The van der Waals surface area contributed by atoms with E-state index in [-0.39, 0.29) is 19.0 Å². The summed E-state index contributed by atoms with van der Waals surface area (Å²) in [5.74, 6) is -0.550. The van der Waals surface area contributed by atoms with Crippen molar-refractivity contribution in [1.82, 2.24) is 19.1 Å². The Bertz CT molecular complexity index is 1510. The average Bonchev–Trinajstić information content (AvgIpc) is 3.26. The summed E-state index contributed by atoms with van der Waals surface area (Å²) >= 11 is 6.00. The first-order valence-electron chi connectivity index (χ1n) is 11.5. The third kappa shape index (κ3) is 5.49. The number of halogens is 1. The van der Waals surface area contributed by atoms with E-state index in [9.17, 15) is 14.4 Å². The highest BCUT2D eigenvalue weighted by Gasteiger charge is 2.20. The van der Waals surface area contributed by atoms with Crippen LogP contribution in [-0.2, 0) is 29.0 Å². The van der Waals surface area contributed by atoms with Gasteiger partial charge in [0.2, 0.25) is 5.95 Å². The van der Waals surface area contributed by atoms with Crippen molar-refractivity contribution in [3.8, 4) is 0 Å². The zero-order valence-electron chi connectivity index (χ0n) is 20.2. The smallest absolute Gasteiger partial charge is 0.354 e. The van der Waals surface area contributed by atoms with Crippen molar-refractivity contribution in [1.29, 1.82) is 0 Å². The van der Waals surface area contributed by atoms with Crippen LogP contribution in [0.5, 0.6) is 0 Å². The summed E-state index contributed by atoms with van der Waals surface area (Å²) in [5, 5.41) is 3.62. The molecular formula is C25H26ClN5O5. The van der Waals surface area contributed by atoms with Crippen molar-refractivity contribution in [3.05, 3.63) is 79.9 Å². The van der Waals surface area contributed by atoms with E-state index in [0.717, 1.165) is 23.0 Å². The first kappa shape index (κ1) is 25.2. The molecule has 2 aromatic carbocycles. The van der Waals surface area contributed by atoms with Crippen LogP contribution in [0.25, 0.3) is 11.1 Å². The lowest BCUT2D eigenvalue weighted by Gasteiger charge is -2.17. The van der Waals surface area contributed by atoms with E-state index in [4.69, 9.17) is 20.8 Å². The summed E-state index contributed by atoms with van der Waals surface area (Å²) in [7, 11) is 1.25. The molecule has 4 aromatic rings. The minimum absolute atomic E-state index is 0.0505. The van der Waals surface area contributed by atoms with Gasteiger partial charge in [0.15, 0.2) is 11.5 Å². The lowest BCUT2D eigenvalue weighted by atomic mass is 10.2. The second-order valence-corrected chi connectivity index (χ2v) is 8.85. The Hall–Kier alpha value is -3.92. The van der Waals surface area contributed by atoms with Crippen LogP contribution in [0, 0.1) is 5.92 Å². The maximum Gasteiger partial charge on any atom is 0.354 e. The van der Waals surface area contributed by atoms with Crippen LogP contribution in [0.15, 0.2) is 56.5 Å². The van der Waals surface area contributed by atoms with E-state index in [2.05, 4.69) is 15.3 Å². The fraction of sp³-hybridized carbons (Fsp3) is 0.320. The number of aromatic nitrogens is 4. The van der Waals surface area contributed by atoms with Crippen LogP contribution >= 0.6 is 11.6 Å². The van der Waals surface area contributed by atoms with Gasteiger partial charge in [0.25, 0.3) is 0 Å². The molecule has 1 atom stereocenters. The number of hydrogen-bond donors (Lipinski definition) is 1. The van der Waals surface area contributed by atoms with Gasteiger partial charge in [-0.3, -0.25) is 9.36 Å². The van der Waals surface area contributed by atoms with E-state index in [1.807, 2.05) is 6.92 Å². The molecule has 0 radical (unpaired) electrons. The molecule has 2 heterocycles. The van der Waals surface area contributed by atoms with Gasteiger partial charge in [-0.15, -0.1) is 0 Å². The fourth-order valence-electron chi connectivity index (χ4n) is 3.75. The number of rotatable bonds is 9. The van der Waals surface area contributed by atoms with Gasteiger partial charge in [-0.25, -0.2) is 19.1 Å². The Balaban J connectivity index is 1.75. The van der Waals surface area contributed by atoms with Crippen LogP contribution in [0.4, 0.5) is 11.6 Å². The molecule has 10 nitrogen and oxygen atoms in total. The number of aryl methyl sites for hydroxylation is 1. The normalized spacial score (nSPS) is 12.0. The number of esters is 1. The van der Waals surface area contributed by atoms with Gasteiger partial charge in [0, 0.05) is 29.7 Å². The number of benzene rings is 2. The monoisotopic (exact) mass is 511 g/mol. The molecule has 2 aromatic heterocycles. The molecule has 0 unspecified atom stereocenters. The van der Waals surface area contributed by atoms with Gasteiger partial charge < -0.3 is 14.5 Å². The van der Waals surface area contributed by atoms with Crippen molar-refractivity contribution in [2.24, 2.45) is 5.92 Å². The Morgan fingerprint density at radius 3 is 2.58 bits per heavy atom. The lowest BCUT2D eigenvalue weighted by Crippen LogP contribution is -2.44. The summed E-state index contributed by atoms with van der Waals surface area (Å²) in [6.07, 6.45) is 1.63. The zero-order chi connectivity index (χ0) is 25.8. The molecule has 4 rings (SSSR count). The number of fused-ring (bicyclic) bond motifs is 1. The molecule has 0 saturated heterocycles. The van der Waals surface area contributed by atoms with Crippen molar-refractivity contribution >= 4 is 40.3 Å². The van der Waals surface area contributed by atoms with Crippen LogP contribution in [0.1, 0.15) is 31.7 Å². The number of nitrogens with zero attached hydrogens (tertiary/aromatic N) is 4. The number of ether oxygens (including phenoxy) is 1. The van der Waals surface area contributed by atoms with Gasteiger partial charge in [-0.1, -0.05) is 37.6 Å². The topological polar surface area (TPSA) is 121 Å². The van der Waals surface area contributed by atoms with Gasteiger partial charge in [0.1, 0.15) is 5.52 Å². The van der Waals surface area contributed by atoms with E-state index in [1.54, 1.807) is 49.4 Å². The zero-order valence-corrected chi connectivity index (χ0v) is 20.9. The van der Waals surface area contributed by atoms with E-state index in [1.165, 1.54) is 11.7 Å². The Morgan fingerprint density at radius 1 is 1.14 bits per heavy atom. The van der Waals surface area contributed by atoms with Gasteiger partial charge >= 0.3 is 17.3 Å². The van der Waals surface area contributed by atoms with Crippen LogP contribution in [0.3, 0.4) is 0 Å². The highest BCUT2D eigenvalue weighted by Crippen LogP contribution is 2.23. The molecule has 0 amide bonds. The quantitative estimate of drug-likeness (QED) is 0.337. The van der Waals surface area contributed by atoms with E-state index < -0.39 is 23.3 Å². The highest BCUT2D eigenvalue weighted by molar-refractivity contribution is 6.30. The fourth-order valence-corrected chi connectivity index (χ4v) is 3.87. The third-order valence-electron chi connectivity index (χ3n) is 5.62. The summed E-state index contributed by atoms with van der Waals surface area (Å²) in [6.45, 7) is 3.57. The number of methoxy groups -OCH3 is 1. The molecular weight excluding hydrogens is 486 g/mol. The van der Waals surface area contributed by atoms with Gasteiger partial charge in [-0.05, 0) is 36.2 Å². The molecule has 0 aliphatic rings. The first-order valence-corrected chi connectivity index (χ1v) is 11.9. The summed E-state index contributed by atoms with van der Waals surface area (Å²) in [4.78, 5) is 46.8. The molecule has 11 heteroatoms. The second kappa shape index (κ2) is 10.8. The van der Waals surface area contributed by atoms with Crippen molar-refractivity contribution in [2.45, 2.75) is 39.8 Å². The number of carbonyl (C=O) groups excluding carboxylic acids is 1. The van der Waals surface area contributed by atoms with Crippen molar-refractivity contribution in [3.63, 3.8) is 0 Å². The third-order valence-corrected chi connectivity index (χ3v) is 5.87. The maximum absolute atomic E-state index is 13.4. The minimum atomic E-state index is -0.781. The molecule has 36 heavy (non-hydrogen) atoms. The standard InChI is InChI=1S/C25H26ClN5O5/c1-4-5-21-28-19-11-10-18(12-20(19)36-21)27-23-29-24(33)31(13-15(2)22(32)35-3)25(34)30(23)14-16-6-8-17(26)9-7-16/h6-12,15H,4-5,13-14H2,1-3H3,(H,27,29,33)/t15-/m0/s1. The minimum Gasteiger partial charge on any atom is -0.469 e. The van der Waals surface area contributed by atoms with Crippen molar-refractivity contribution in [2.75, 3.05) is 12.4 Å². The van der Waals surface area contributed by atoms with E-state index in [0.29, 0.717) is 27.7 Å². The Kier molecular flexibility index (Phi) is 7.54. The average molecular weight is 512 g/mol. The van der Waals surface area contributed by atoms with Gasteiger partial charge in [-0.2, -0.15) is 4.98 Å². The number of oxazole rings is 1. The van der Waals surface area contributed by atoms with Crippen molar-refractivity contribution < 1.29 is 13.9 Å². The number of hydrogen-bond acceptors (Lipinski definition) is 8. The molecule has 0 aliphatic carbocycles. The largest absolute Gasteiger partial charge is 0.469 e. The highest BCUT2D eigenvalue weighted by atomic mass is 35.5. The predicted octanol–water partition coefficient (Wildman–Crippen LogP) is 3.75. The molecule has 0 bridgehead atoms. The summed E-state index contributed by atoms with van der Waals surface area (Å²) < 4.78 is 12.8. The number of carbonyl (C=O) groups is 1. The molecule has 0 saturated carbocycles. The van der Waals surface area contributed by atoms with Crippen LogP contribution in [-0.4, -0.2) is 32.2 Å². The van der Waals surface area contributed by atoms with Crippen LogP contribution in [0.2, 0.25) is 5.02 Å². The van der Waals surface area contributed by atoms with E-state index >= 15 is 0 Å². The Morgan fingerprint density at radius 2 is 1.89 bits per heavy atom. The Labute approximate surface area is 211 Å². The summed E-state index contributed by atoms with van der Waals surface area (Å²) in [5.41, 5.74) is 1.23. The predicted molar refractivity (Wildman–Crippen MR) is 136 cm³/mol. The molecule has 188 valence electrons. The van der Waals surface area contributed by atoms with Gasteiger partial charge in [0.05, 0.1) is 19.6 Å². The van der Waals surface area contributed by atoms with Crippen LogP contribution < -0.4 is 16.7 Å². The number of anilines is 2. The summed E-state index contributed by atoms with van der Waals surface area (Å²) in [6, 6.07) is 12.3. The molecule has 1 N–H and O–H groups in total. The lowest BCUT2D eigenvalue weighted by molar-refractivity contribution is -0.145. The number of nitrogens with one attached hydrogen (secondary N) is 1. The SMILES string of the molecule is CCCc1nc2ccc(Nc3nc(=O)n(C[C@H](C)C(=O)OC)c(=O)n3Cc3ccc(Cl)cc3)cc2o1. The molecule has 0 fully saturated rings. The molecule has 0 spiro atoms. The first-order chi connectivity index (χ1) is 17.3. The second-order valence-electron chi connectivity index (χ2n) is 8.41. The molecule has 0 aliphatic heterocycles. The maximum atomic E-state index is 13.4.